The molecule has 191 valence electrons. The van der Waals surface area contributed by atoms with E-state index in [0.717, 1.165) is 23.2 Å². The lowest BCUT2D eigenvalue weighted by molar-refractivity contribution is -0.122. The van der Waals surface area contributed by atoms with Crippen LogP contribution in [-0.2, 0) is 17.8 Å². The second-order valence-electron chi connectivity index (χ2n) is 9.16. The molecule has 0 aromatic heterocycles. The molecule has 1 aliphatic heterocycles. The first kappa shape index (κ1) is 27.2. The molecule has 1 heterocycles. The van der Waals surface area contributed by atoms with Crippen LogP contribution in [0.2, 0.25) is 5.02 Å². The third kappa shape index (κ3) is 6.44. The number of hydrogen-bond donors (Lipinski definition) is 0. The van der Waals surface area contributed by atoms with E-state index >= 15 is 0 Å². The van der Waals surface area contributed by atoms with Crippen molar-refractivity contribution < 1.29 is 14.3 Å². The molecule has 0 fully saturated rings. The van der Waals surface area contributed by atoms with Gasteiger partial charge in [-0.2, -0.15) is 5.26 Å². The number of rotatable bonds is 11. The molecule has 0 N–H and O–H groups in total. The van der Waals surface area contributed by atoms with Gasteiger partial charge < -0.3 is 19.3 Å². The van der Waals surface area contributed by atoms with E-state index in [1.165, 1.54) is 0 Å². The van der Waals surface area contributed by atoms with Gasteiger partial charge in [-0.25, -0.2) is 5.32 Å². The van der Waals surface area contributed by atoms with Gasteiger partial charge in [0, 0.05) is 31.9 Å². The highest BCUT2D eigenvalue weighted by atomic mass is 35.5. The van der Waals surface area contributed by atoms with Crippen LogP contribution >= 0.6 is 11.6 Å². The Morgan fingerprint density at radius 2 is 1.94 bits per heavy atom. The summed E-state index contributed by atoms with van der Waals surface area (Å²) in [6, 6.07) is 13.6. The first-order valence-corrected chi connectivity index (χ1v) is 12.4. The van der Waals surface area contributed by atoms with Gasteiger partial charge >= 0.3 is 0 Å². The van der Waals surface area contributed by atoms with Crippen LogP contribution in [0.5, 0.6) is 11.5 Å². The minimum absolute atomic E-state index is 0.0660. The molecule has 0 saturated carbocycles. The molecule has 0 spiro atoms. The highest BCUT2D eigenvalue weighted by Gasteiger charge is 2.29. The number of likely N-dealkylation sites (N-methyl/N-ethyl adjacent to an activating group) is 1. The molecule has 2 aromatic carbocycles. The van der Waals surface area contributed by atoms with E-state index in [-0.39, 0.29) is 18.0 Å². The van der Waals surface area contributed by atoms with Crippen LogP contribution in [0.1, 0.15) is 43.4 Å². The normalized spacial score (nSPS) is 15.8. The Kier molecular flexibility index (Phi) is 9.49. The van der Waals surface area contributed by atoms with Crippen molar-refractivity contribution in [3.8, 4) is 17.6 Å². The van der Waals surface area contributed by atoms with E-state index in [1.807, 2.05) is 50.4 Å². The number of amides is 1. The van der Waals surface area contributed by atoms with E-state index in [0.29, 0.717) is 48.0 Å². The number of halogens is 1. The van der Waals surface area contributed by atoms with Crippen LogP contribution in [0.3, 0.4) is 0 Å². The Morgan fingerprint density at radius 3 is 2.64 bits per heavy atom. The Hall–Kier alpha value is -3.37. The molecule has 1 radical (unpaired) electrons. The van der Waals surface area contributed by atoms with Crippen LogP contribution in [0.4, 0.5) is 0 Å². The molecule has 0 bridgehead atoms. The third-order valence-electron chi connectivity index (χ3n) is 6.64. The van der Waals surface area contributed by atoms with Crippen molar-refractivity contribution in [2.45, 2.75) is 45.8 Å². The fourth-order valence-corrected chi connectivity index (χ4v) is 4.72. The Morgan fingerprint density at radius 1 is 1.19 bits per heavy atom. The molecule has 3 rings (SSSR count). The fraction of sp³-hybridized carbons (Fsp3) is 0.429. The van der Waals surface area contributed by atoms with Gasteiger partial charge in [0.05, 0.1) is 37.4 Å². The molecule has 2 aromatic rings. The van der Waals surface area contributed by atoms with E-state index in [9.17, 15) is 10.1 Å². The van der Waals surface area contributed by atoms with E-state index in [2.05, 4.69) is 34.3 Å². The second-order valence-corrected chi connectivity index (χ2v) is 9.54. The van der Waals surface area contributed by atoms with Crippen LogP contribution in [0, 0.1) is 17.2 Å². The number of nitriles is 1. The van der Waals surface area contributed by atoms with E-state index < -0.39 is 0 Å². The van der Waals surface area contributed by atoms with Crippen LogP contribution in [-0.4, -0.2) is 49.7 Å². The van der Waals surface area contributed by atoms with Gasteiger partial charge in [0.1, 0.15) is 6.17 Å². The van der Waals surface area contributed by atoms with Crippen molar-refractivity contribution in [1.29, 1.82) is 5.26 Å². The summed E-state index contributed by atoms with van der Waals surface area (Å²) in [4.78, 5) is 16.9. The molecule has 8 heteroatoms. The summed E-state index contributed by atoms with van der Waals surface area (Å²) in [7, 11) is 5.15. The number of ether oxygens (including phenoxy) is 2. The summed E-state index contributed by atoms with van der Waals surface area (Å²) in [5, 5.41) is 14.4. The molecule has 2 unspecified atom stereocenters. The molecule has 0 saturated heterocycles. The second kappa shape index (κ2) is 12.5. The van der Waals surface area contributed by atoms with Crippen molar-refractivity contribution >= 4 is 17.5 Å². The highest BCUT2D eigenvalue weighted by molar-refractivity contribution is 6.33. The first-order valence-electron chi connectivity index (χ1n) is 12.0. The summed E-state index contributed by atoms with van der Waals surface area (Å²) in [6.07, 6.45) is 3.82. The summed E-state index contributed by atoms with van der Waals surface area (Å²) in [5.41, 5.74) is 3.68. The molecule has 1 amide bonds. The maximum absolute atomic E-state index is 12.6. The van der Waals surface area contributed by atoms with Crippen molar-refractivity contribution in [3.63, 3.8) is 0 Å². The molecule has 0 aliphatic carbocycles. The number of hydrogen-bond acceptors (Lipinski definition) is 6. The number of allylic oxidation sites excluding steroid dienone is 1. The van der Waals surface area contributed by atoms with Gasteiger partial charge in [-0.15, -0.1) is 0 Å². The summed E-state index contributed by atoms with van der Waals surface area (Å²) < 4.78 is 10.7. The summed E-state index contributed by atoms with van der Waals surface area (Å²) >= 11 is 6.52. The zero-order valence-electron chi connectivity index (χ0n) is 21.6. The van der Waals surface area contributed by atoms with Crippen molar-refractivity contribution in [3.05, 3.63) is 70.0 Å². The number of nitrogens with zero attached hydrogens (tertiary/aromatic N) is 4. The average molecular weight is 510 g/mol. The highest BCUT2D eigenvalue weighted by Crippen LogP contribution is 2.38. The Balaban J connectivity index is 1.52. The minimum Gasteiger partial charge on any atom is -0.493 e. The maximum atomic E-state index is 12.6. The van der Waals surface area contributed by atoms with Crippen molar-refractivity contribution in [2.75, 3.05) is 27.8 Å². The van der Waals surface area contributed by atoms with Crippen molar-refractivity contribution in [1.82, 2.24) is 15.1 Å². The standard InChI is InChI=1S/C28H34ClN4O3/c1-19(14-21-11-12-24(35-4)28(36-5)27(21)29)10-13-25(34)31-16-26-32(3)20(2)17-33(26)18-23-9-7-6-8-22(23)15-30/h6-9,11-12,17,19,26H,10,13-14,16,18H2,1-5H3. The number of methoxy groups -OCH3 is 2. The number of carbonyl (C=O) groups is 1. The van der Waals surface area contributed by atoms with Crippen LogP contribution in [0.25, 0.3) is 0 Å². The van der Waals surface area contributed by atoms with Gasteiger partial charge in [0.15, 0.2) is 11.5 Å². The molecule has 36 heavy (non-hydrogen) atoms. The fourth-order valence-electron chi connectivity index (χ4n) is 4.41. The van der Waals surface area contributed by atoms with Crippen molar-refractivity contribution in [2.24, 2.45) is 5.92 Å². The smallest absolute Gasteiger partial charge is 0.241 e. The molecule has 7 nitrogen and oxygen atoms in total. The number of carbonyl (C=O) groups excluding carboxylic acids is 1. The SMILES string of the molecule is COc1ccc(CC(C)CCC(=O)[N]CC2N(Cc3ccccc3C#N)C=C(C)N2C)c(Cl)c1OC. The first-order chi connectivity index (χ1) is 17.3. The zero-order valence-corrected chi connectivity index (χ0v) is 22.4. The zero-order chi connectivity index (χ0) is 26.2. The maximum Gasteiger partial charge on any atom is 0.241 e. The lowest BCUT2D eigenvalue weighted by Crippen LogP contribution is -2.43. The van der Waals surface area contributed by atoms with Gasteiger partial charge in [-0.1, -0.05) is 42.8 Å². The Labute approximate surface area is 219 Å². The third-order valence-corrected chi connectivity index (χ3v) is 7.06. The average Bonchev–Trinajstić information content (AvgIpc) is 3.14. The van der Waals surface area contributed by atoms with Gasteiger partial charge in [0.2, 0.25) is 5.91 Å². The monoisotopic (exact) mass is 509 g/mol. The van der Waals surface area contributed by atoms with Crippen LogP contribution < -0.4 is 14.8 Å². The largest absolute Gasteiger partial charge is 0.493 e. The summed E-state index contributed by atoms with van der Waals surface area (Å²) in [5.74, 6) is 1.27. The topological polar surface area (TPSA) is 79.9 Å². The molecular weight excluding hydrogens is 476 g/mol. The lowest BCUT2D eigenvalue weighted by Gasteiger charge is -2.31. The van der Waals surface area contributed by atoms with E-state index in [1.54, 1.807) is 14.2 Å². The predicted octanol–water partition coefficient (Wildman–Crippen LogP) is 4.95. The Bertz CT molecular complexity index is 1140. The minimum atomic E-state index is -0.101. The molecular formula is C28H34ClN4O3. The molecule has 1 aliphatic rings. The van der Waals surface area contributed by atoms with Gasteiger partial charge in [-0.3, -0.25) is 4.79 Å². The van der Waals surface area contributed by atoms with E-state index in [4.69, 9.17) is 21.1 Å². The number of benzene rings is 2. The van der Waals surface area contributed by atoms with Gasteiger partial charge in [0.25, 0.3) is 0 Å². The molecule has 2 atom stereocenters. The lowest BCUT2D eigenvalue weighted by atomic mass is 9.96. The predicted molar refractivity (Wildman–Crippen MR) is 141 cm³/mol. The summed E-state index contributed by atoms with van der Waals surface area (Å²) in [6.45, 7) is 5.09. The van der Waals surface area contributed by atoms with Gasteiger partial charge in [-0.05, 0) is 48.9 Å². The quantitative estimate of drug-likeness (QED) is 0.426. The van der Waals surface area contributed by atoms with Crippen LogP contribution in [0.15, 0.2) is 48.3 Å².